The van der Waals surface area contributed by atoms with Crippen molar-refractivity contribution < 1.29 is 13.9 Å². The molecule has 0 spiro atoms. The van der Waals surface area contributed by atoms with Gasteiger partial charge in [-0.2, -0.15) is 4.39 Å². The number of benzene rings is 2. The first-order valence-corrected chi connectivity index (χ1v) is 13.4. The summed E-state index contributed by atoms with van der Waals surface area (Å²) in [5.74, 6) is 0.531. The highest BCUT2D eigenvalue weighted by Gasteiger charge is 2.55. The molecule has 5 heterocycles. The molecule has 204 valence electrons. The van der Waals surface area contributed by atoms with E-state index in [0.29, 0.717) is 50.6 Å². The molecule has 1 saturated carbocycles. The van der Waals surface area contributed by atoms with Crippen LogP contribution in [0.15, 0.2) is 53.5 Å². The first-order chi connectivity index (χ1) is 19.8. The SMILES string of the molecule is O=C1COc2cc(-c3[nH]c(C4C5CC5c5nc(-c6cc(Cl)ccc6-n6cc(Cl)nn6)cc(=O)n54)nc3F)ccc2N1. The van der Waals surface area contributed by atoms with Crippen LogP contribution in [0, 0.1) is 11.9 Å². The molecule has 2 aromatic carbocycles. The predicted octanol–water partition coefficient (Wildman–Crippen LogP) is 4.36. The van der Waals surface area contributed by atoms with E-state index in [1.165, 1.54) is 10.7 Å². The molecule has 0 saturated heterocycles. The Kier molecular flexibility index (Phi) is 5.16. The van der Waals surface area contributed by atoms with Gasteiger partial charge in [-0.3, -0.25) is 14.2 Å². The Labute approximate surface area is 239 Å². The zero-order valence-corrected chi connectivity index (χ0v) is 22.3. The molecule has 3 atom stereocenters. The van der Waals surface area contributed by atoms with Crippen LogP contribution in [0.5, 0.6) is 5.75 Å². The Bertz CT molecular complexity index is 1990. The third-order valence-corrected chi connectivity index (χ3v) is 8.05. The Hall–Kier alpha value is -4.55. The maximum absolute atomic E-state index is 15.2. The van der Waals surface area contributed by atoms with Crippen molar-refractivity contribution in [3.63, 3.8) is 0 Å². The van der Waals surface area contributed by atoms with Crippen LogP contribution >= 0.6 is 23.2 Å². The van der Waals surface area contributed by atoms with Crippen molar-refractivity contribution in [1.29, 1.82) is 0 Å². The van der Waals surface area contributed by atoms with E-state index in [1.54, 1.807) is 47.2 Å². The Balaban J connectivity index is 1.19. The second kappa shape index (κ2) is 8.72. The van der Waals surface area contributed by atoms with E-state index < -0.39 is 12.0 Å². The highest BCUT2D eigenvalue weighted by atomic mass is 35.5. The Morgan fingerprint density at radius 2 is 1.95 bits per heavy atom. The van der Waals surface area contributed by atoms with Crippen molar-refractivity contribution in [2.45, 2.75) is 18.4 Å². The van der Waals surface area contributed by atoms with Crippen molar-refractivity contribution in [2.75, 3.05) is 11.9 Å². The number of halogens is 3. The van der Waals surface area contributed by atoms with E-state index in [1.807, 2.05) is 0 Å². The number of aromatic nitrogens is 7. The fourth-order valence-corrected chi connectivity index (χ4v) is 6.07. The van der Waals surface area contributed by atoms with Crippen molar-refractivity contribution in [3.05, 3.63) is 86.8 Å². The molecule has 1 amide bonds. The number of nitrogens with one attached hydrogen (secondary N) is 2. The average molecular weight is 591 g/mol. The van der Waals surface area contributed by atoms with Crippen molar-refractivity contribution in [3.8, 4) is 34.0 Å². The molecular formula is C27H17Cl2FN8O3. The second-order valence-corrected chi connectivity index (χ2v) is 11.0. The molecule has 41 heavy (non-hydrogen) atoms. The van der Waals surface area contributed by atoms with Gasteiger partial charge in [0.1, 0.15) is 23.1 Å². The monoisotopic (exact) mass is 590 g/mol. The van der Waals surface area contributed by atoms with Crippen LogP contribution in [0.1, 0.15) is 30.0 Å². The zero-order chi connectivity index (χ0) is 28.0. The summed E-state index contributed by atoms with van der Waals surface area (Å²) in [4.78, 5) is 37.3. The van der Waals surface area contributed by atoms with E-state index in [-0.39, 0.29) is 40.8 Å². The summed E-state index contributed by atoms with van der Waals surface area (Å²) < 4.78 is 23.8. The van der Waals surface area contributed by atoms with E-state index >= 15 is 4.39 Å². The van der Waals surface area contributed by atoms with Gasteiger partial charge in [0.25, 0.3) is 11.5 Å². The van der Waals surface area contributed by atoms with Crippen molar-refractivity contribution >= 4 is 34.8 Å². The summed E-state index contributed by atoms with van der Waals surface area (Å²) in [6, 6.07) is 11.1. The van der Waals surface area contributed by atoms with Gasteiger partial charge in [-0.25, -0.2) is 14.6 Å². The summed E-state index contributed by atoms with van der Waals surface area (Å²) in [6.07, 6.45) is 2.35. The lowest BCUT2D eigenvalue weighted by molar-refractivity contribution is -0.118. The number of aromatic amines is 1. The van der Waals surface area contributed by atoms with Gasteiger partial charge in [-0.1, -0.05) is 34.5 Å². The minimum absolute atomic E-state index is 0.0356. The van der Waals surface area contributed by atoms with Gasteiger partial charge >= 0.3 is 0 Å². The van der Waals surface area contributed by atoms with Gasteiger partial charge < -0.3 is 15.0 Å². The largest absolute Gasteiger partial charge is 0.482 e. The van der Waals surface area contributed by atoms with Crippen LogP contribution in [-0.2, 0) is 4.79 Å². The summed E-state index contributed by atoms with van der Waals surface area (Å²) in [5, 5.41) is 11.3. The molecule has 8 rings (SSSR count). The highest BCUT2D eigenvalue weighted by Crippen LogP contribution is 2.60. The molecule has 5 aromatic rings. The van der Waals surface area contributed by atoms with Crippen LogP contribution in [0.3, 0.4) is 0 Å². The number of hydrogen-bond acceptors (Lipinski definition) is 7. The number of carbonyl (C=O) groups is 1. The lowest BCUT2D eigenvalue weighted by Crippen LogP contribution is -2.27. The first-order valence-electron chi connectivity index (χ1n) is 12.7. The minimum Gasteiger partial charge on any atom is -0.482 e. The fraction of sp³-hybridized carbons (Fsp3) is 0.185. The lowest BCUT2D eigenvalue weighted by atomic mass is 10.1. The predicted molar refractivity (Wildman–Crippen MR) is 146 cm³/mol. The molecule has 3 aliphatic rings. The summed E-state index contributed by atoms with van der Waals surface area (Å²) in [5.41, 5.74) is 2.53. The topological polar surface area (TPSA) is 133 Å². The number of nitrogens with zero attached hydrogens (tertiary/aromatic N) is 6. The van der Waals surface area contributed by atoms with Gasteiger partial charge in [0, 0.05) is 28.1 Å². The normalized spacial score (nSPS) is 20.2. The van der Waals surface area contributed by atoms with Crippen molar-refractivity contribution in [1.82, 2.24) is 34.5 Å². The number of H-pyrrole nitrogens is 1. The van der Waals surface area contributed by atoms with Crippen LogP contribution in [0.4, 0.5) is 10.1 Å². The lowest BCUT2D eigenvalue weighted by Gasteiger charge is -2.18. The molecule has 0 radical (unpaired) electrons. The maximum atomic E-state index is 15.2. The first kappa shape index (κ1) is 24.3. The molecular weight excluding hydrogens is 574 g/mol. The number of hydrogen-bond donors (Lipinski definition) is 2. The van der Waals surface area contributed by atoms with Crippen LogP contribution < -0.4 is 15.6 Å². The maximum Gasteiger partial charge on any atom is 0.262 e. The Morgan fingerprint density at radius 3 is 2.78 bits per heavy atom. The fourth-order valence-electron chi connectivity index (χ4n) is 5.77. The molecule has 1 aliphatic carbocycles. The van der Waals surface area contributed by atoms with Gasteiger partial charge in [0.15, 0.2) is 11.8 Å². The van der Waals surface area contributed by atoms with E-state index in [0.717, 1.165) is 6.42 Å². The molecule has 3 aromatic heterocycles. The number of amides is 1. The van der Waals surface area contributed by atoms with Gasteiger partial charge in [-0.15, -0.1) is 5.10 Å². The van der Waals surface area contributed by atoms with Crippen LogP contribution in [0.2, 0.25) is 10.2 Å². The summed E-state index contributed by atoms with van der Waals surface area (Å²) in [6.45, 7) is -0.115. The van der Waals surface area contributed by atoms with E-state index in [2.05, 4.69) is 25.6 Å². The minimum atomic E-state index is -0.696. The molecule has 1 fully saturated rings. The number of ether oxygens (including phenoxy) is 1. The van der Waals surface area contributed by atoms with Crippen LogP contribution in [0.25, 0.3) is 28.2 Å². The van der Waals surface area contributed by atoms with Gasteiger partial charge in [0.05, 0.1) is 29.3 Å². The number of fused-ring (bicyclic) bond motifs is 4. The molecule has 0 bridgehead atoms. The third-order valence-electron chi connectivity index (χ3n) is 7.64. The van der Waals surface area contributed by atoms with E-state index in [4.69, 9.17) is 32.9 Å². The molecule has 14 heteroatoms. The number of rotatable bonds is 4. The summed E-state index contributed by atoms with van der Waals surface area (Å²) in [7, 11) is 0. The van der Waals surface area contributed by atoms with Crippen LogP contribution in [-0.4, -0.2) is 47.0 Å². The molecule has 11 nitrogen and oxygen atoms in total. The third kappa shape index (κ3) is 3.85. The molecule has 2 N–H and O–H groups in total. The highest BCUT2D eigenvalue weighted by molar-refractivity contribution is 6.31. The quantitative estimate of drug-likeness (QED) is 0.317. The molecule has 3 unspecified atom stereocenters. The standard InChI is InChI=1S/C27H17Cl2FN8O3/c28-12-2-4-18(37-9-20(29)35-36-37)15(6-12)17-8-22(40)38-24(13-7-14(13)27(38)32-17)26-33-23(25(30)34-26)11-1-3-16-19(5-11)41-10-21(39)31-16/h1-6,8-9,13-14,24H,7,10H2,(H,31,39)(H,33,34). The summed E-state index contributed by atoms with van der Waals surface area (Å²) >= 11 is 12.3. The number of imidazole rings is 1. The van der Waals surface area contributed by atoms with Crippen molar-refractivity contribution in [2.24, 2.45) is 5.92 Å². The second-order valence-electron chi connectivity index (χ2n) is 10.1. The Morgan fingerprint density at radius 1 is 1.07 bits per heavy atom. The van der Waals surface area contributed by atoms with Gasteiger partial charge in [-0.05, 0) is 42.7 Å². The molecule has 2 aliphatic heterocycles. The zero-order valence-electron chi connectivity index (χ0n) is 20.8. The van der Waals surface area contributed by atoms with E-state index in [9.17, 15) is 9.59 Å². The smallest absolute Gasteiger partial charge is 0.262 e. The average Bonchev–Trinajstić information content (AvgIpc) is 3.27. The number of anilines is 1. The number of carbonyl (C=O) groups excluding carboxylic acids is 1. The van der Waals surface area contributed by atoms with Gasteiger partial charge in [0.2, 0.25) is 5.95 Å².